The van der Waals surface area contributed by atoms with Crippen LogP contribution in [0.2, 0.25) is 0 Å². The van der Waals surface area contributed by atoms with Crippen LogP contribution in [0.1, 0.15) is 37.0 Å². The summed E-state index contributed by atoms with van der Waals surface area (Å²) in [5.74, 6) is -0.0959. The Bertz CT molecular complexity index is 545. The van der Waals surface area contributed by atoms with E-state index >= 15 is 0 Å². The molecule has 0 radical (unpaired) electrons. The van der Waals surface area contributed by atoms with Gasteiger partial charge in [0.15, 0.2) is 0 Å². The van der Waals surface area contributed by atoms with Crippen LogP contribution in [-0.2, 0) is 4.79 Å². The smallest absolute Gasteiger partial charge is 0.251 e. The molecule has 2 amide bonds. The first-order valence-electron chi connectivity index (χ1n) is 8.79. The van der Waals surface area contributed by atoms with Crippen molar-refractivity contribution in [1.29, 1.82) is 0 Å². The SMILES string of the molecule is CCN(CC)CCNC(=O)c1ccc(NC(=O)C2CCCN2)cc1.Cl.Cl. The number of anilines is 1. The molecule has 1 aliphatic rings. The molecule has 1 aromatic rings. The Morgan fingerprint density at radius 1 is 1.15 bits per heavy atom. The molecular weight excluding hydrogens is 375 g/mol. The van der Waals surface area contributed by atoms with Gasteiger partial charge in [0.1, 0.15) is 0 Å². The third-order valence-corrected chi connectivity index (χ3v) is 4.40. The number of carbonyl (C=O) groups is 2. The van der Waals surface area contributed by atoms with Crippen LogP contribution in [0.25, 0.3) is 0 Å². The molecular formula is C18H30Cl2N4O2. The lowest BCUT2D eigenvalue weighted by Gasteiger charge is -2.18. The first-order valence-corrected chi connectivity index (χ1v) is 8.79. The summed E-state index contributed by atoms with van der Waals surface area (Å²) in [4.78, 5) is 26.4. The zero-order valence-corrected chi connectivity index (χ0v) is 17.0. The summed E-state index contributed by atoms with van der Waals surface area (Å²) in [5, 5.41) is 8.98. The van der Waals surface area contributed by atoms with Crippen molar-refractivity contribution >= 4 is 42.3 Å². The van der Waals surface area contributed by atoms with Crippen molar-refractivity contribution < 1.29 is 9.59 Å². The lowest BCUT2D eigenvalue weighted by Crippen LogP contribution is -2.35. The fourth-order valence-corrected chi connectivity index (χ4v) is 2.81. The molecule has 1 saturated heterocycles. The Hall–Kier alpha value is -1.34. The van der Waals surface area contributed by atoms with Crippen LogP contribution in [0.5, 0.6) is 0 Å². The predicted molar refractivity (Wildman–Crippen MR) is 111 cm³/mol. The van der Waals surface area contributed by atoms with Gasteiger partial charge in [-0.1, -0.05) is 13.8 Å². The highest BCUT2D eigenvalue weighted by Gasteiger charge is 2.21. The van der Waals surface area contributed by atoms with Gasteiger partial charge in [0.25, 0.3) is 5.91 Å². The van der Waals surface area contributed by atoms with Crippen LogP contribution in [0.4, 0.5) is 5.69 Å². The Kier molecular flexibility index (Phi) is 12.3. The van der Waals surface area contributed by atoms with E-state index in [1.54, 1.807) is 24.3 Å². The van der Waals surface area contributed by atoms with E-state index in [2.05, 4.69) is 34.7 Å². The van der Waals surface area contributed by atoms with Gasteiger partial charge < -0.3 is 20.9 Å². The number of rotatable bonds is 8. The van der Waals surface area contributed by atoms with Crippen molar-refractivity contribution in [3.63, 3.8) is 0 Å². The third-order valence-electron chi connectivity index (χ3n) is 4.40. The van der Waals surface area contributed by atoms with Gasteiger partial charge in [0, 0.05) is 24.3 Å². The molecule has 2 rings (SSSR count). The molecule has 8 heteroatoms. The average molecular weight is 405 g/mol. The minimum absolute atomic E-state index is 0. The summed E-state index contributed by atoms with van der Waals surface area (Å²) >= 11 is 0. The highest BCUT2D eigenvalue weighted by atomic mass is 35.5. The zero-order valence-electron chi connectivity index (χ0n) is 15.4. The minimum Gasteiger partial charge on any atom is -0.351 e. The van der Waals surface area contributed by atoms with Crippen molar-refractivity contribution in [2.75, 3.05) is 38.0 Å². The molecule has 6 nitrogen and oxygen atoms in total. The molecule has 0 aliphatic carbocycles. The summed E-state index contributed by atoms with van der Waals surface area (Å²) in [6, 6.07) is 6.92. The average Bonchev–Trinajstić information content (AvgIpc) is 3.14. The molecule has 1 heterocycles. The molecule has 1 atom stereocenters. The van der Waals surface area contributed by atoms with Gasteiger partial charge in [-0.15, -0.1) is 24.8 Å². The number of hydrogen-bond acceptors (Lipinski definition) is 4. The van der Waals surface area contributed by atoms with E-state index in [1.807, 2.05) is 0 Å². The fourth-order valence-electron chi connectivity index (χ4n) is 2.81. The number of hydrogen-bond donors (Lipinski definition) is 3. The Morgan fingerprint density at radius 3 is 2.35 bits per heavy atom. The number of halogens is 2. The van der Waals surface area contributed by atoms with Crippen LogP contribution in [0.3, 0.4) is 0 Å². The Balaban J connectivity index is 0.00000312. The molecule has 1 aliphatic heterocycles. The second-order valence-electron chi connectivity index (χ2n) is 6.00. The van der Waals surface area contributed by atoms with Crippen LogP contribution < -0.4 is 16.0 Å². The molecule has 0 bridgehead atoms. The molecule has 1 fully saturated rings. The van der Waals surface area contributed by atoms with Gasteiger partial charge in [-0.2, -0.15) is 0 Å². The van der Waals surface area contributed by atoms with Gasteiger partial charge >= 0.3 is 0 Å². The predicted octanol–water partition coefficient (Wildman–Crippen LogP) is 2.29. The summed E-state index contributed by atoms with van der Waals surface area (Å²) in [6.07, 6.45) is 1.91. The molecule has 0 aromatic heterocycles. The number of benzene rings is 1. The van der Waals surface area contributed by atoms with Crippen LogP contribution in [0, 0.1) is 0 Å². The maximum atomic E-state index is 12.1. The maximum Gasteiger partial charge on any atom is 0.251 e. The number of nitrogens with zero attached hydrogens (tertiary/aromatic N) is 1. The van der Waals surface area contributed by atoms with Crippen molar-refractivity contribution in [3.05, 3.63) is 29.8 Å². The molecule has 3 N–H and O–H groups in total. The summed E-state index contributed by atoms with van der Waals surface area (Å²) in [7, 11) is 0. The number of likely N-dealkylation sites (N-methyl/N-ethyl adjacent to an activating group) is 1. The Morgan fingerprint density at radius 2 is 1.81 bits per heavy atom. The third kappa shape index (κ3) is 7.50. The van der Waals surface area contributed by atoms with Crippen molar-refractivity contribution in [1.82, 2.24) is 15.5 Å². The van der Waals surface area contributed by atoms with E-state index in [1.165, 1.54) is 0 Å². The summed E-state index contributed by atoms with van der Waals surface area (Å²) in [5.41, 5.74) is 1.32. The highest BCUT2D eigenvalue weighted by Crippen LogP contribution is 2.12. The maximum absolute atomic E-state index is 12.1. The largest absolute Gasteiger partial charge is 0.351 e. The van der Waals surface area contributed by atoms with E-state index < -0.39 is 0 Å². The van der Waals surface area contributed by atoms with E-state index in [0.717, 1.165) is 39.0 Å². The second kappa shape index (κ2) is 12.9. The minimum atomic E-state index is -0.104. The zero-order chi connectivity index (χ0) is 17.4. The van der Waals surface area contributed by atoms with Crippen LogP contribution in [0.15, 0.2) is 24.3 Å². The highest BCUT2D eigenvalue weighted by molar-refractivity contribution is 5.97. The van der Waals surface area contributed by atoms with Gasteiger partial charge in [-0.25, -0.2) is 0 Å². The summed E-state index contributed by atoms with van der Waals surface area (Å²) in [6.45, 7) is 8.56. The van der Waals surface area contributed by atoms with Crippen LogP contribution >= 0.6 is 24.8 Å². The van der Waals surface area contributed by atoms with Gasteiger partial charge in [0.05, 0.1) is 6.04 Å². The van der Waals surface area contributed by atoms with Crippen molar-refractivity contribution in [3.8, 4) is 0 Å². The lowest BCUT2D eigenvalue weighted by atomic mass is 10.1. The number of nitrogens with one attached hydrogen (secondary N) is 3. The monoisotopic (exact) mass is 404 g/mol. The number of amides is 2. The van der Waals surface area contributed by atoms with E-state index in [0.29, 0.717) is 17.8 Å². The summed E-state index contributed by atoms with van der Waals surface area (Å²) < 4.78 is 0. The Labute approximate surface area is 168 Å². The standard InChI is InChI=1S/C18H28N4O2.2ClH/c1-3-22(4-2)13-12-20-17(23)14-7-9-15(10-8-14)21-18(24)16-6-5-11-19-16;;/h7-10,16,19H,3-6,11-13H2,1-2H3,(H,20,23)(H,21,24);2*1H. The normalized spacial score (nSPS) is 15.7. The molecule has 0 spiro atoms. The quantitative estimate of drug-likeness (QED) is 0.621. The topological polar surface area (TPSA) is 73.5 Å². The van der Waals surface area contributed by atoms with Gasteiger partial charge in [0.2, 0.25) is 5.91 Å². The fraction of sp³-hybridized carbons (Fsp3) is 0.556. The second-order valence-corrected chi connectivity index (χ2v) is 6.00. The van der Waals surface area contributed by atoms with Gasteiger partial charge in [-0.05, 0) is 56.7 Å². The molecule has 148 valence electrons. The lowest BCUT2D eigenvalue weighted by molar-refractivity contribution is -0.117. The van der Waals surface area contributed by atoms with Gasteiger partial charge in [-0.3, -0.25) is 9.59 Å². The first kappa shape index (κ1) is 24.7. The molecule has 0 saturated carbocycles. The van der Waals surface area contributed by atoms with E-state index in [-0.39, 0.29) is 42.7 Å². The molecule has 1 unspecified atom stereocenters. The molecule has 26 heavy (non-hydrogen) atoms. The number of carbonyl (C=O) groups excluding carboxylic acids is 2. The van der Waals surface area contributed by atoms with Crippen molar-refractivity contribution in [2.24, 2.45) is 0 Å². The molecule has 1 aromatic carbocycles. The van der Waals surface area contributed by atoms with Crippen LogP contribution in [-0.4, -0.2) is 55.5 Å². The van der Waals surface area contributed by atoms with E-state index in [9.17, 15) is 9.59 Å². The first-order chi connectivity index (χ1) is 11.6. The van der Waals surface area contributed by atoms with Crippen molar-refractivity contribution in [2.45, 2.75) is 32.7 Å². The van der Waals surface area contributed by atoms with E-state index in [4.69, 9.17) is 0 Å².